The number of hydrogen-bond donors (Lipinski definition) is 0. The quantitative estimate of drug-likeness (QED) is 0.406. The van der Waals surface area contributed by atoms with Gasteiger partial charge in [-0.25, -0.2) is 0 Å². The van der Waals surface area contributed by atoms with E-state index in [1.54, 1.807) is 0 Å². The monoisotopic (exact) mass is 837 g/mol. The summed E-state index contributed by atoms with van der Waals surface area (Å²) in [7, 11) is 16.8. The molecule has 0 radical (unpaired) electrons. The maximum atomic E-state index is 5.59. The average Bonchev–Trinajstić information content (AvgIpc) is 2.19. The first-order valence-corrected chi connectivity index (χ1v) is 30.7. The van der Waals surface area contributed by atoms with Crippen molar-refractivity contribution >= 4 is 24.7 Å². The van der Waals surface area contributed by atoms with Gasteiger partial charge in [-0.3, -0.25) is 0 Å². The van der Waals surface area contributed by atoms with Crippen LogP contribution in [0.25, 0.3) is 0 Å². The molecule has 0 aromatic carbocycles. The van der Waals surface area contributed by atoms with Gasteiger partial charge in [0.2, 0.25) is 0 Å². The van der Waals surface area contributed by atoms with E-state index in [1.807, 2.05) is 0 Å². The predicted octanol–water partition coefficient (Wildman–Crippen LogP) is 1.46. The third kappa shape index (κ3) is 5.99. The van der Waals surface area contributed by atoms with Crippen LogP contribution >= 0.6 is 24.7 Å². The van der Waals surface area contributed by atoms with E-state index in [-0.39, 0.29) is 18.0 Å². The summed E-state index contributed by atoms with van der Waals surface area (Å²) < 4.78 is 15.3. The molecule has 1 heterocycles. The Bertz CT molecular complexity index is 261. The summed E-state index contributed by atoms with van der Waals surface area (Å²) in [5, 5.41) is 0. The van der Waals surface area contributed by atoms with Crippen LogP contribution in [-0.2, 0) is 71.4 Å². The van der Waals surface area contributed by atoms with Gasteiger partial charge in [0.05, 0.1) is 0 Å². The van der Waals surface area contributed by atoms with E-state index in [0.29, 0.717) is 0 Å². The Balaban J connectivity index is 2.86. The van der Waals surface area contributed by atoms with Gasteiger partial charge in [0.25, 0.3) is 0 Å². The van der Waals surface area contributed by atoms with Crippen molar-refractivity contribution in [2.24, 2.45) is 0 Å². The minimum atomic E-state index is -1.82. The molecule has 0 saturated carbocycles. The molecular formula is C3Cl3Hg3N3O3. The molecule has 15 heavy (non-hydrogen) atoms. The second-order valence-corrected chi connectivity index (χ2v) is 13.6. The first-order valence-electron chi connectivity index (χ1n) is 3.62. The molecule has 0 aliphatic rings. The molecule has 0 unspecified atom stereocenters. The van der Waals surface area contributed by atoms with E-state index in [9.17, 15) is 0 Å². The van der Waals surface area contributed by atoms with E-state index >= 15 is 0 Å². The van der Waals surface area contributed by atoms with E-state index in [2.05, 4.69) is 15.0 Å². The summed E-state index contributed by atoms with van der Waals surface area (Å²) in [5.74, 6) is 0. The first-order chi connectivity index (χ1) is 7.30. The summed E-state index contributed by atoms with van der Waals surface area (Å²) in [4.78, 5) is 11.6. The second kappa shape index (κ2) is 9.07. The van der Waals surface area contributed by atoms with Crippen molar-refractivity contribution in [3.63, 3.8) is 0 Å². The van der Waals surface area contributed by atoms with Crippen LogP contribution in [0.15, 0.2) is 0 Å². The standard InChI is InChI=1S/C3H3N3O3.3ClH.3Hg/c7-1-4-2(8)6-3(9)5-1;;;;;;/h(H3,4,5,6,7,8,9);3*1H;;;/q;;;;3*+2/p-6. The molecule has 0 spiro atoms. The summed E-state index contributed by atoms with van der Waals surface area (Å²) in [6.45, 7) is 0. The third-order valence-corrected chi connectivity index (χ3v) is 8.28. The van der Waals surface area contributed by atoms with Crippen molar-refractivity contribution in [2.45, 2.75) is 0 Å². The van der Waals surface area contributed by atoms with Gasteiger partial charge in [-0.05, 0) is 0 Å². The van der Waals surface area contributed by atoms with Crippen LogP contribution in [0.4, 0.5) is 0 Å². The van der Waals surface area contributed by atoms with Crippen LogP contribution in [0, 0.1) is 0 Å². The molecule has 0 atom stereocenters. The molecule has 72 valence electrons. The third-order valence-electron chi connectivity index (χ3n) is 1.12. The first kappa shape index (κ1) is 15.1. The molecule has 0 saturated heterocycles. The minimum absolute atomic E-state index is 0.142. The molecule has 0 fully saturated rings. The number of halogens is 3. The van der Waals surface area contributed by atoms with E-state index < -0.39 is 71.4 Å². The molecule has 0 bridgehead atoms. The molecule has 0 aliphatic heterocycles. The van der Waals surface area contributed by atoms with Gasteiger partial charge in [0, 0.05) is 0 Å². The predicted molar refractivity (Wildman–Crippen MR) is 39.3 cm³/mol. The summed E-state index contributed by atoms with van der Waals surface area (Å²) in [6, 6.07) is 0.427. The Morgan fingerprint density at radius 3 is 1.13 bits per heavy atom. The summed E-state index contributed by atoms with van der Waals surface area (Å²) >= 11 is -5.47. The summed E-state index contributed by atoms with van der Waals surface area (Å²) in [5.41, 5.74) is 0. The van der Waals surface area contributed by atoms with Crippen molar-refractivity contribution < 1.29 is 79.3 Å². The topological polar surface area (TPSA) is 66.4 Å². The SMILES string of the molecule is [Cl][Hg][O]c1nc([O][Hg][Cl])nc([O][Hg][Cl])n1. The Labute approximate surface area is 134 Å². The molecule has 12 heteroatoms. The van der Waals surface area contributed by atoms with Crippen LogP contribution in [0.3, 0.4) is 0 Å². The molecule has 0 aliphatic carbocycles. The van der Waals surface area contributed by atoms with E-state index in [0.717, 1.165) is 0 Å². The van der Waals surface area contributed by atoms with Gasteiger partial charge >= 0.3 is 137 Å². The zero-order valence-electron chi connectivity index (χ0n) is 7.32. The second-order valence-electron chi connectivity index (χ2n) is 1.94. The van der Waals surface area contributed by atoms with Gasteiger partial charge in [-0.2, -0.15) is 0 Å². The molecule has 1 aromatic rings. The van der Waals surface area contributed by atoms with Crippen molar-refractivity contribution in [1.82, 2.24) is 15.0 Å². The summed E-state index contributed by atoms with van der Waals surface area (Å²) in [6.07, 6.45) is 0. The van der Waals surface area contributed by atoms with Gasteiger partial charge in [0.15, 0.2) is 0 Å². The van der Waals surface area contributed by atoms with Gasteiger partial charge in [-0.1, -0.05) is 0 Å². The molecule has 1 aromatic heterocycles. The maximum absolute atomic E-state index is 5.59. The average molecular weight is 834 g/mol. The zero-order chi connectivity index (χ0) is 11.1. The Morgan fingerprint density at radius 1 is 0.667 bits per heavy atom. The van der Waals surface area contributed by atoms with Crippen LogP contribution in [0.1, 0.15) is 0 Å². The van der Waals surface area contributed by atoms with Crippen molar-refractivity contribution in [3.05, 3.63) is 0 Å². The zero-order valence-corrected chi connectivity index (χ0v) is 26.1. The molecule has 0 amide bonds. The molecule has 0 N–H and O–H groups in total. The number of aromatic nitrogens is 3. The Hall–Kier alpha value is 2.09. The van der Waals surface area contributed by atoms with E-state index in [1.165, 1.54) is 0 Å². The molecule has 6 nitrogen and oxygen atoms in total. The van der Waals surface area contributed by atoms with Crippen LogP contribution in [0.2, 0.25) is 0 Å². The Morgan fingerprint density at radius 2 is 0.933 bits per heavy atom. The van der Waals surface area contributed by atoms with Crippen LogP contribution in [0.5, 0.6) is 18.0 Å². The van der Waals surface area contributed by atoms with Gasteiger partial charge in [-0.15, -0.1) is 0 Å². The fraction of sp³-hybridized carbons (Fsp3) is 0. The van der Waals surface area contributed by atoms with Gasteiger partial charge in [0.1, 0.15) is 0 Å². The number of rotatable bonds is 6. The van der Waals surface area contributed by atoms with Gasteiger partial charge < -0.3 is 0 Å². The normalized spacial score (nSPS) is 8.20. The molecular weight excluding hydrogens is 834 g/mol. The molecule has 1 rings (SSSR count). The van der Waals surface area contributed by atoms with Crippen LogP contribution in [-0.4, -0.2) is 15.0 Å². The fourth-order valence-corrected chi connectivity index (χ4v) is 5.87. The Kier molecular flexibility index (Phi) is 9.16. The fourth-order valence-electron chi connectivity index (χ4n) is 0.660. The van der Waals surface area contributed by atoms with E-state index in [4.69, 9.17) is 32.7 Å². The van der Waals surface area contributed by atoms with Crippen LogP contribution < -0.4 is 7.93 Å². The number of nitrogens with zero attached hydrogens (tertiary/aromatic N) is 3. The number of hydrogen-bond acceptors (Lipinski definition) is 6. The van der Waals surface area contributed by atoms with Crippen molar-refractivity contribution in [2.75, 3.05) is 0 Å². The van der Waals surface area contributed by atoms with Crippen molar-refractivity contribution in [3.8, 4) is 18.0 Å². The van der Waals surface area contributed by atoms with Crippen molar-refractivity contribution in [1.29, 1.82) is 0 Å².